The van der Waals surface area contributed by atoms with E-state index in [4.69, 9.17) is 9.47 Å². The molecule has 0 heterocycles. The van der Waals surface area contributed by atoms with Crippen molar-refractivity contribution in [1.29, 1.82) is 0 Å². The molecule has 0 bridgehead atoms. The summed E-state index contributed by atoms with van der Waals surface area (Å²) < 4.78 is 9.59. The standard InChI is InChI=1S/C15H26O4/c1-6-7-8-9-12(14(16)18-4)13(10-11(2)3)15(17)19-5/h11H,6-10H2,1-5H3. The van der Waals surface area contributed by atoms with Gasteiger partial charge in [0.2, 0.25) is 0 Å². The Morgan fingerprint density at radius 2 is 1.47 bits per heavy atom. The van der Waals surface area contributed by atoms with Crippen molar-refractivity contribution in [2.24, 2.45) is 5.92 Å². The van der Waals surface area contributed by atoms with Crippen LogP contribution < -0.4 is 0 Å². The number of carbonyl (C=O) groups excluding carboxylic acids is 2. The second kappa shape index (κ2) is 9.59. The zero-order chi connectivity index (χ0) is 14.8. The molecule has 0 aliphatic carbocycles. The highest BCUT2D eigenvalue weighted by Gasteiger charge is 2.22. The van der Waals surface area contributed by atoms with Crippen LogP contribution in [0.5, 0.6) is 0 Å². The molecule has 19 heavy (non-hydrogen) atoms. The van der Waals surface area contributed by atoms with Crippen molar-refractivity contribution in [3.63, 3.8) is 0 Å². The number of esters is 2. The third kappa shape index (κ3) is 6.41. The smallest absolute Gasteiger partial charge is 0.334 e. The monoisotopic (exact) mass is 270 g/mol. The van der Waals surface area contributed by atoms with Crippen LogP contribution in [0, 0.1) is 5.92 Å². The highest BCUT2D eigenvalue weighted by molar-refractivity contribution is 6.00. The Morgan fingerprint density at radius 3 is 1.89 bits per heavy atom. The van der Waals surface area contributed by atoms with E-state index >= 15 is 0 Å². The van der Waals surface area contributed by atoms with E-state index in [1.165, 1.54) is 14.2 Å². The molecule has 0 aliphatic heterocycles. The summed E-state index contributed by atoms with van der Waals surface area (Å²) in [5.74, 6) is -0.567. The van der Waals surface area contributed by atoms with E-state index in [0.29, 0.717) is 24.0 Å². The number of hydrogen-bond acceptors (Lipinski definition) is 4. The van der Waals surface area contributed by atoms with Gasteiger partial charge in [-0.3, -0.25) is 0 Å². The lowest BCUT2D eigenvalue weighted by Crippen LogP contribution is -2.16. The van der Waals surface area contributed by atoms with E-state index in [9.17, 15) is 9.59 Å². The van der Waals surface area contributed by atoms with Gasteiger partial charge in [-0.1, -0.05) is 33.6 Å². The molecule has 0 atom stereocenters. The van der Waals surface area contributed by atoms with Crippen molar-refractivity contribution in [2.45, 2.75) is 52.9 Å². The average Bonchev–Trinajstić information content (AvgIpc) is 2.39. The molecule has 0 amide bonds. The van der Waals surface area contributed by atoms with Crippen LogP contribution in [-0.2, 0) is 19.1 Å². The third-order valence-electron chi connectivity index (χ3n) is 2.87. The molecule has 0 saturated heterocycles. The molecule has 0 aromatic heterocycles. The second-order valence-electron chi connectivity index (χ2n) is 5.00. The predicted molar refractivity (Wildman–Crippen MR) is 74.7 cm³/mol. The molecule has 0 aromatic rings. The van der Waals surface area contributed by atoms with Gasteiger partial charge in [0, 0.05) is 11.1 Å². The van der Waals surface area contributed by atoms with Crippen LogP contribution in [0.2, 0.25) is 0 Å². The Labute approximate surface area is 116 Å². The van der Waals surface area contributed by atoms with E-state index in [2.05, 4.69) is 6.92 Å². The first kappa shape index (κ1) is 17.7. The molecule has 4 nitrogen and oxygen atoms in total. The van der Waals surface area contributed by atoms with Crippen LogP contribution in [0.25, 0.3) is 0 Å². The lowest BCUT2D eigenvalue weighted by atomic mass is 9.94. The summed E-state index contributed by atoms with van der Waals surface area (Å²) in [4.78, 5) is 23.7. The number of methoxy groups -OCH3 is 2. The minimum Gasteiger partial charge on any atom is -0.466 e. The summed E-state index contributed by atoms with van der Waals surface area (Å²) in [5, 5.41) is 0. The highest BCUT2D eigenvalue weighted by Crippen LogP contribution is 2.22. The van der Waals surface area contributed by atoms with E-state index in [-0.39, 0.29) is 5.92 Å². The minimum absolute atomic E-state index is 0.278. The summed E-state index contributed by atoms with van der Waals surface area (Å²) in [6.45, 7) is 6.10. The number of hydrogen-bond donors (Lipinski definition) is 0. The molecule has 0 fully saturated rings. The van der Waals surface area contributed by atoms with Crippen molar-refractivity contribution in [2.75, 3.05) is 14.2 Å². The lowest BCUT2D eigenvalue weighted by molar-refractivity contribution is -0.139. The molecule has 0 rings (SSSR count). The summed E-state index contributed by atoms with van der Waals surface area (Å²) in [6, 6.07) is 0. The van der Waals surface area contributed by atoms with Crippen molar-refractivity contribution in [3.8, 4) is 0 Å². The molecule has 0 saturated carbocycles. The van der Waals surface area contributed by atoms with Gasteiger partial charge >= 0.3 is 11.9 Å². The molecule has 0 N–H and O–H groups in total. The fraction of sp³-hybridized carbons (Fsp3) is 0.733. The molecule has 0 radical (unpaired) electrons. The maximum atomic E-state index is 11.9. The number of unbranched alkanes of at least 4 members (excludes halogenated alkanes) is 2. The van der Waals surface area contributed by atoms with Crippen LogP contribution in [0.1, 0.15) is 52.9 Å². The summed E-state index contributed by atoms with van der Waals surface area (Å²) in [5.41, 5.74) is 0.928. The SMILES string of the molecule is CCCCCC(C(=O)OC)=C(CC(C)C)C(=O)OC. The quantitative estimate of drug-likeness (QED) is 0.386. The third-order valence-corrected chi connectivity index (χ3v) is 2.87. The van der Waals surface area contributed by atoms with E-state index < -0.39 is 11.9 Å². The maximum Gasteiger partial charge on any atom is 0.334 e. The summed E-state index contributed by atoms with van der Waals surface area (Å²) in [6.07, 6.45) is 4.06. The van der Waals surface area contributed by atoms with Gasteiger partial charge in [0.05, 0.1) is 14.2 Å². The van der Waals surface area contributed by atoms with Gasteiger partial charge in [0.25, 0.3) is 0 Å². The second-order valence-corrected chi connectivity index (χ2v) is 5.00. The lowest BCUT2D eigenvalue weighted by Gasteiger charge is -2.14. The van der Waals surface area contributed by atoms with Gasteiger partial charge < -0.3 is 9.47 Å². The molecule has 0 spiro atoms. The Hall–Kier alpha value is -1.32. The van der Waals surface area contributed by atoms with Crippen molar-refractivity contribution >= 4 is 11.9 Å². The number of rotatable bonds is 8. The zero-order valence-corrected chi connectivity index (χ0v) is 12.7. The fourth-order valence-electron chi connectivity index (χ4n) is 1.91. The van der Waals surface area contributed by atoms with E-state index in [1.807, 2.05) is 13.8 Å². The topological polar surface area (TPSA) is 52.6 Å². The van der Waals surface area contributed by atoms with Gasteiger partial charge in [0.15, 0.2) is 0 Å². The molecule has 110 valence electrons. The van der Waals surface area contributed by atoms with E-state index in [0.717, 1.165) is 19.3 Å². The Kier molecular flexibility index (Phi) is 8.92. The van der Waals surface area contributed by atoms with E-state index in [1.54, 1.807) is 0 Å². The molecule has 0 unspecified atom stereocenters. The van der Waals surface area contributed by atoms with Gasteiger partial charge in [-0.2, -0.15) is 0 Å². The van der Waals surface area contributed by atoms with Crippen LogP contribution in [0.3, 0.4) is 0 Å². The first-order valence-corrected chi connectivity index (χ1v) is 6.86. The Bertz CT molecular complexity index is 329. The molecule has 0 aliphatic rings. The zero-order valence-electron chi connectivity index (χ0n) is 12.7. The van der Waals surface area contributed by atoms with Gasteiger partial charge in [-0.15, -0.1) is 0 Å². The predicted octanol–water partition coefficient (Wildman–Crippen LogP) is 3.26. The maximum absolute atomic E-state index is 11.9. The molecule has 4 heteroatoms. The number of ether oxygens (including phenoxy) is 2. The van der Waals surface area contributed by atoms with Crippen molar-refractivity contribution < 1.29 is 19.1 Å². The first-order valence-electron chi connectivity index (χ1n) is 6.86. The normalized spacial score (nSPS) is 12.1. The highest BCUT2D eigenvalue weighted by atomic mass is 16.5. The first-order chi connectivity index (χ1) is 8.97. The van der Waals surface area contributed by atoms with Gasteiger partial charge in [-0.25, -0.2) is 9.59 Å². The van der Waals surface area contributed by atoms with Crippen molar-refractivity contribution in [3.05, 3.63) is 11.1 Å². The van der Waals surface area contributed by atoms with Gasteiger partial charge in [-0.05, 0) is 25.2 Å². The van der Waals surface area contributed by atoms with Crippen LogP contribution in [0.4, 0.5) is 0 Å². The molecular weight excluding hydrogens is 244 g/mol. The van der Waals surface area contributed by atoms with Crippen LogP contribution >= 0.6 is 0 Å². The fourth-order valence-corrected chi connectivity index (χ4v) is 1.91. The van der Waals surface area contributed by atoms with Crippen molar-refractivity contribution in [1.82, 2.24) is 0 Å². The van der Waals surface area contributed by atoms with Gasteiger partial charge in [0.1, 0.15) is 0 Å². The summed E-state index contributed by atoms with van der Waals surface area (Å²) >= 11 is 0. The molecular formula is C15H26O4. The Balaban J connectivity index is 5.28. The summed E-state index contributed by atoms with van der Waals surface area (Å²) in [7, 11) is 2.68. The van der Waals surface area contributed by atoms with Crippen LogP contribution in [-0.4, -0.2) is 26.2 Å². The largest absolute Gasteiger partial charge is 0.466 e. The number of carbonyl (C=O) groups is 2. The minimum atomic E-state index is -0.425. The Morgan fingerprint density at radius 1 is 0.947 bits per heavy atom. The van der Waals surface area contributed by atoms with Crippen LogP contribution in [0.15, 0.2) is 11.1 Å². The molecule has 0 aromatic carbocycles. The average molecular weight is 270 g/mol.